The predicted octanol–water partition coefficient (Wildman–Crippen LogP) is 4.47. The second kappa shape index (κ2) is 10.7. The average Bonchev–Trinajstić information content (AvgIpc) is 3.12. The third-order valence-electron chi connectivity index (χ3n) is 4.87. The maximum Gasteiger partial charge on any atom is 0.331 e. The van der Waals surface area contributed by atoms with Gasteiger partial charge in [0, 0.05) is 18.0 Å². The molecule has 1 aliphatic rings. The molecule has 2 heterocycles. The monoisotopic (exact) mass is 506 g/mol. The van der Waals surface area contributed by atoms with Crippen molar-refractivity contribution in [1.82, 2.24) is 9.88 Å². The van der Waals surface area contributed by atoms with Gasteiger partial charge in [-0.05, 0) is 53.7 Å². The lowest BCUT2D eigenvalue weighted by atomic mass is 10.2. The summed E-state index contributed by atoms with van der Waals surface area (Å²) in [5.41, 5.74) is 0.748. The zero-order chi connectivity index (χ0) is 25.7. The highest BCUT2D eigenvalue weighted by atomic mass is 32.2. The Hall–Kier alpha value is -4.71. The highest BCUT2D eigenvalue weighted by molar-refractivity contribution is 8.18. The topological polar surface area (TPSA) is 141 Å². The van der Waals surface area contributed by atoms with Crippen molar-refractivity contribution in [2.75, 3.05) is 19.0 Å². The molecule has 3 aromatic rings. The molecule has 1 fully saturated rings. The van der Waals surface area contributed by atoms with Crippen LogP contribution < -0.4 is 14.8 Å². The molecule has 1 aromatic heterocycles. The first kappa shape index (κ1) is 24.4. The molecule has 36 heavy (non-hydrogen) atoms. The number of pyridine rings is 1. The van der Waals surface area contributed by atoms with Gasteiger partial charge in [0.15, 0.2) is 11.5 Å². The molecule has 2 aromatic carbocycles. The minimum absolute atomic E-state index is 0.128. The van der Waals surface area contributed by atoms with Gasteiger partial charge >= 0.3 is 5.69 Å². The molecular formula is C24H18N4O7S. The van der Waals surface area contributed by atoms with Gasteiger partial charge in [-0.1, -0.05) is 24.3 Å². The van der Waals surface area contributed by atoms with E-state index in [0.29, 0.717) is 23.0 Å². The number of nitro groups is 1. The number of anilines is 1. The molecular weight excluding hydrogens is 488 g/mol. The van der Waals surface area contributed by atoms with Crippen LogP contribution in [0.3, 0.4) is 0 Å². The molecule has 1 aliphatic heterocycles. The summed E-state index contributed by atoms with van der Waals surface area (Å²) in [6, 6.07) is 16.0. The predicted molar refractivity (Wildman–Crippen MR) is 132 cm³/mol. The van der Waals surface area contributed by atoms with Gasteiger partial charge in [0.25, 0.3) is 17.0 Å². The summed E-state index contributed by atoms with van der Waals surface area (Å²) < 4.78 is 10.9. The summed E-state index contributed by atoms with van der Waals surface area (Å²) in [5, 5.41) is 13.3. The second-order valence-electron chi connectivity index (χ2n) is 7.28. The highest BCUT2D eigenvalue weighted by Crippen LogP contribution is 2.37. The Kier molecular flexibility index (Phi) is 7.25. The fourth-order valence-electron chi connectivity index (χ4n) is 3.22. The first-order valence-electron chi connectivity index (χ1n) is 10.4. The second-order valence-corrected chi connectivity index (χ2v) is 8.27. The van der Waals surface area contributed by atoms with Crippen LogP contribution in [0.2, 0.25) is 0 Å². The zero-order valence-electron chi connectivity index (χ0n) is 18.7. The number of hydrogen-bond acceptors (Lipinski definition) is 9. The molecule has 0 spiro atoms. The lowest BCUT2D eigenvalue weighted by Crippen LogP contribution is -2.36. The summed E-state index contributed by atoms with van der Waals surface area (Å²) in [4.78, 5) is 53.0. The van der Waals surface area contributed by atoms with Crippen LogP contribution in [-0.4, -0.2) is 45.5 Å². The quantitative estimate of drug-likeness (QED) is 0.266. The van der Waals surface area contributed by atoms with Crippen LogP contribution in [-0.2, 0) is 9.59 Å². The summed E-state index contributed by atoms with van der Waals surface area (Å²) in [7, 11) is 1.39. The van der Waals surface area contributed by atoms with Gasteiger partial charge in [-0.25, -0.2) is 4.98 Å². The Morgan fingerprint density at radius 3 is 2.64 bits per heavy atom. The van der Waals surface area contributed by atoms with Crippen molar-refractivity contribution in [2.45, 2.75) is 0 Å². The number of carbonyl (C=O) groups is 3. The molecule has 0 saturated carbocycles. The van der Waals surface area contributed by atoms with Crippen molar-refractivity contribution < 1.29 is 28.8 Å². The van der Waals surface area contributed by atoms with Gasteiger partial charge in [0.05, 0.1) is 16.9 Å². The van der Waals surface area contributed by atoms with E-state index in [1.807, 2.05) is 0 Å². The normalized spacial score (nSPS) is 14.1. The van der Waals surface area contributed by atoms with Crippen LogP contribution in [0.1, 0.15) is 5.56 Å². The van der Waals surface area contributed by atoms with E-state index in [1.165, 1.54) is 37.6 Å². The molecule has 182 valence electrons. The van der Waals surface area contributed by atoms with E-state index in [9.17, 15) is 24.5 Å². The van der Waals surface area contributed by atoms with E-state index in [1.54, 1.807) is 42.5 Å². The first-order valence-corrected chi connectivity index (χ1v) is 11.2. The van der Waals surface area contributed by atoms with Gasteiger partial charge in [-0.3, -0.25) is 29.4 Å². The fraction of sp³-hybridized carbons (Fsp3) is 0.0833. The number of hydrogen-bond donors (Lipinski definition) is 1. The molecule has 0 radical (unpaired) electrons. The zero-order valence-corrected chi connectivity index (χ0v) is 19.6. The summed E-state index contributed by atoms with van der Waals surface area (Å²) in [6.45, 7) is -0.421. The van der Waals surface area contributed by atoms with Crippen molar-refractivity contribution in [2.24, 2.45) is 0 Å². The van der Waals surface area contributed by atoms with E-state index >= 15 is 0 Å². The molecule has 1 saturated heterocycles. The van der Waals surface area contributed by atoms with Crippen LogP contribution in [0, 0.1) is 10.1 Å². The van der Waals surface area contributed by atoms with Gasteiger partial charge in [0.2, 0.25) is 5.91 Å². The highest BCUT2D eigenvalue weighted by Gasteiger charge is 2.36. The third kappa shape index (κ3) is 5.50. The van der Waals surface area contributed by atoms with E-state index < -0.39 is 28.5 Å². The number of nitrogens with zero attached hydrogens (tertiary/aromatic N) is 3. The molecule has 4 rings (SSSR count). The van der Waals surface area contributed by atoms with Crippen molar-refractivity contribution in [3.8, 4) is 17.4 Å². The van der Waals surface area contributed by atoms with Crippen LogP contribution in [0.5, 0.6) is 17.4 Å². The van der Waals surface area contributed by atoms with E-state index in [2.05, 4.69) is 10.3 Å². The smallest absolute Gasteiger partial charge is 0.331 e. The van der Waals surface area contributed by atoms with Gasteiger partial charge in [-0.15, -0.1) is 0 Å². The summed E-state index contributed by atoms with van der Waals surface area (Å²) in [6.07, 6.45) is 2.84. The number of nitrogens with one attached hydrogen (secondary N) is 1. The molecule has 0 unspecified atom stereocenters. The van der Waals surface area contributed by atoms with Crippen LogP contribution in [0.25, 0.3) is 6.08 Å². The van der Waals surface area contributed by atoms with Crippen molar-refractivity contribution in [3.63, 3.8) is 0 Å². The van der Waals surface area contributed by atoms with Crippen LogP contribution >= 0.6 is 11.8 Å². The average molecular weight is 506 g/mol. The maximum absolute atomic E-state index is 12.8. The number of aromatic nitrogens is 1. The molecule has 1 N–H and O–H groups in total. The van der Waals surface area contributed by atoms with E-state index in [4.69, 9.17) is 9.47 Å². The minimum Gasteiger partial charge on any atom is -0.493 e. The minimum atomic E-state index is -0.612. The molecule has 0 aliphatic carbocycles. The largest absolute Gasteiger partial charge is 0.493 e. The van der Waals surface area contributed by atoms with Gasteiger partial charge < -0.3 is 14.8 Å². The number of ether oxygens (including phenoxy) is 2. The van der Waals surface area contributed by atoms with Gasteiger partial charge in [-0.2, -0.15) is 0 Å². The lowest BCUT2D eigenvalue weighted by Gasteiger charge is -2.12. The number of para-hydroxylation sites is 1. The van der Waals surface area contributed by atoms with E-state index in [-0.39, 0.29) is 28.0 Å². The molecule has 0 atom stereocenters. The van der Waals surface area contributed by atoms with Gasteiger partial charge in [0.1, 0.15) is 6.54 Å². The number of methoxy groups -OCH3 is 1. The molecule has 0 bridgehead atoms. The SMILES string of the molecule is COc1cc(C=C2SC(=O)N(CC(=O)Nc3ccccc3)C2=O)ccc1Oc1ncccc1[N+](=O)[O-]. The standard InChI is InChI=1S/C24H18N4O7S/c1-34-19-12-15(9-10-18(19)35-22-17(28(32)33)8-5-11-25-22)13-20-23(30)27(24(31)36-20)14-21(29)26-16-6-3-2-4-7-16/h2-13H,14H2,1H3,(H,26,29). The number of benzene rings is 2. The van der Waals surface area contributed by atoms with Crippen LogP contribution in [0.15, 0.2) is 71.8 Å². The van der Waals surface area contributed by atoms with E-state index in [0.717, 1.165) is 4.90 Å². The Labute approximate surface area is 208 Å². The van der Waals surface area contributed by atoms with Crippen molar-refractivity contribution in [3.05, 3.63) is 87.4 Å². The number of rotatable bonds is 8. The summed E-state index contributed by atoms with van der Waals surface area (Å²) >= 11 is 0.712. The van der Waals surface area contributed by atoms with Crippen LogP contribution in [0.4, 0.5) is 16.2 Å². The Bertz CT molecular complexity index is 1380. The first-order chi connectivity index (χ1) is 17.4. The number of amides is 3. The van der Waals surface area contributed by atoms with Crippen molar-refractivity contribution in [1.29, 1.82) is 0 Å². The lowest BCUT2D eigenvalue weighted by molar-refractivity contribution is -0.386. The number of thioether (sulfide) groups is 1. The Balaban J connectivity index is 1.49. The Morgan fingerprint density at radius 1 is 1.14 bits per heavy atom. The van der Waals surface area contributed by atoms with Crippen molar-refractivity contribution >= 4 is 46.3 Å². The third-order valence-corrected chi connectivity index (χ3v) is 5.78. The molecule has 11 nitrogen and oxygen atoms in total. The molecule has 12 heteroatoms. The Morgan fingerprint density at radius 2 is 1.92 bits per heavy atom. The molecule has 3 amide bonds. The summed E-state index contributed by atoms with van der Waals surface area (Å²) in [5.74, 6) is -0.913. The number of carbonyl (C=O) groups excluding carboxylic acids is 3. The maximum atomic E-state index is 12.8. The fourth-order valence-corrected chi connectivity index (χ4v) is 4.05. The number of imide groups is 1.